The fraction of sp³-hybridized carbons (Fsp3) is 0.250. The van der Waals surface area contributed by atoms with Gasteiger partial charge in [0.1, 0.15) is 5.15 Å². The summed E-state index contributed by atoms with van der Waals surface area (Å²) in [4.78, 5) is 3.86. The summed E-state index contributed by atoms with van der Waals surface area (Å²) in [5.41, 5.74) is 0.936. The minimum Gasteiger partial charge on any atom is -0.243 e. The van der Waals surface area contributed by atoms with Crippen LogP contribution in [0.25, 0.3) is 0 Å². The summed E-state index contributed by atoms with van der Waals surface area (Å²) in [6, 6.07) is 3.78. The SMILES string of the molecule is N#CCCc1cnc(Cl)c(Cl)c1. The van der Waals surface area contributed by atoms with Gasteiger partial charge in [0.2, 0.25) is 0 Å². The van der Waals surface area contributed by atoms with Crippen LogP contribution in [0.1, 0.15) is 12.0 Å². The van der Waals surface area contributed by atoms with Gasteiger partial charge >= 0.3 is 0 Å². The van der Waals surface area contributed by atoms with Gasteiger partial charge in [0.05, 0.1) is 11.1 Å². The molecule has 0 aliphatic heterocycles. The quantitative estimate of drug-likeness (QED) is 0.689. The molecular formula is C8H6Cl2N2. The molecule has 0 N–H and O–H groups in total. The maximum atomic E-state index is 8.32. The van der Waals surface area contributed by atoms with Gasteiger partial charge in [-0.05, 0) is 18.1 Å². The Kier molecular flexibility index (Phi) is 3.33. The summed E-state index contributed by atoms with van der Waals surface area (Å²) in [5, 5.41) is 9.06. The summed E-state index contributed by atoms with van der Waals surface area (Å²) in [6.07, 6.45) is 2.77. The molecule has 0 fully saturated rings. The molecule has 0 aliphatic rings. The van der Waals surface area contributed by atoms with Gasteiger partial charge < -0.3 is 0 Å². The Balaban J connectivity index is 2.77. The lowest BCUT2D eigenvalue weighted by atomic mass is 10.2. The first-order valence-corrected chi connectivity index (χ1v) is 4.16. The molecule has 1 heterocycles. The zero-order valence-corrected chi connectivity index (χ0v) is 7.73. The fourth-order valence-corrected chi connectivity index (χ4v) is 1.09. The van der Waals surface area contributed by atoms with Crippen LogP contribution in [-0.4, -0.2) is 4.98 Å². The molecule has 0 amide bonds. The van der Waals surface area contributed by atoms with E-state index in [2.05, 4.69) is 4.98 Å². The van der Waals surface area contributed by atoms with Crippen molar-refractivity contribution in [1.29, 1.82) is 5.26 Å². The fourth-order valence-electron chi connectivity index (χ4n) is 0.798. The Bertz CT molecular complexity index is 317. The second kappa shape index (κ2) is 4.30. The third-order valence-electron chi connectivity index (χ3n) is 1.38. The van der Waals surface area contributed by atoms with Crippen LogP contribution in [0.5, 0.6) is 0 Å². The molecule has 1 aromatic rings. The molecule has 2 nitrogen and oxygen atoms in total. The van der Waals surface area contributed by atoms with Crippen LogP contribution in [0, 0.1) is 11.3 Å². The summed E-state index contributed by atoms with van der Waals surface area (Å²) >= 11 is 11.3. The lowest BCUT2D eigenvalue weighted by molar-refractivity contribution is 0.996. The molecule has 0 saturated heterocycles. The number of hydrogen-bond acceptors (Lipinski definition) is 2. The van der Waals surface area contributed by atoms with Gasteiger partial charge in [-0.15, -0.1) is 0 Å². The second-order valence-corrected chi connectivity index (χ2v) is 3.04. The van der Waals surface area contributed by atoms with Crippen LogP contribution in [0.15, 0.2) is 12.3 Å². The van der Waals surface area contributed by atoms with Crippen LogP contribution >= 0.6 is 23.2 Å². The number of rotatable bonds is 2. The summed E-state index contributed by atoms with van der Waals surface area (Å²) < 4.78 is 0. The molecular weight excluding hydrogens is 195 g/mol. The van der Waals surface area contributed by atoms with Crippen molar-refractivity contribution in [2.24, 2.45) is 0 Å². The number of hydrogen-bond donors (Lipinski definition) is 0. The molecule has 62 valence electrons. The molecule has 0 saturated carbocycles. The first kappa shape index (κ1) is 9.31. The maximum absolute atomic E-state index is 8.32. The molecule has 0 aliphatic carbocycles. The third kappa shape index (κ3) is 2.37. The smallest absolute Gasteiger partial charge is 0.147 e. The zero-order valence-electron chi connectivity index (χ0n) is 6.22. The monoisotopic (exact) mass is 200 g/mol. The molecule has 0 aromatic carbocycles. The highest BCUT2D eigenvalue weighted by Gasteiger charge is 1.99. The summed E-state index contributed by atoms with van der Waals surface area (Å²) in [6.45, 7) is 0. The first-order chi connectivity index (χ1) is 5.74. The van der Waals surface area contributed by atoms with Gasteiger partial charge in [-0.3, -0.25) is 0 Å². The number of pyridine rings is 1. The second-order valence-electron chi connectivity index (χ2n) is 2.27. The molecule has 12 heavy (non-hydrogen) atoms. The lowest BCUT2D eigenvalue weighted by Gasteiger charge is -1.98. The molecule has 0 spiro atoms. The largest absolute Gasteiger partial charge is 0.243 e. The van der Waals surface area contributed by atoms with E-state index in [1.807, 2.05) is 6.07 Å². The van der Waals surface area contributed by atoms with Crippen LogP contribution in [0.3, 0.4) is 0 Å². The number of aryl methyl sites for hydroxylation is 1. The van der Waals surface area contributed by atoms with Gasteiger partial charge in [-0.2, -0.15) is 5.26 Å². The Hall–Kier alpha value is -0.780. The zero-order chi connectivity index (χ0) is 8.97. The molecule has 0 bridgehead atoms. The lowest BCUT2D eigenvalue weighted by Crippen LogP contribution is -1.86. The topological polar surface area (TPSA) is 36.7 Å². The van der Waals surface area contributed by atoms with Crippen molar-refractivity contribution in [3.63, 3.8) is 0 Å². The van der Waals surface area contributed by atoms with Crippen LogP contribution in [0.2, 0.25) is 10.2 Å². The minimum atomic E-state index is 0.303. The molecule has 0 unspecified atom stereocenters. The van der Waals surface area contributed by atoms with Gasteiger partial charge in [0, 0.05) is 12.6 Å². The highest BCUT2D eigenvalue weighted by atomic mass is 35.5. The van der Waals surface area contributed by atoms with E-state index in [1.54, 1.807) is 12.3 Å². The number of nitriles is 1. The first-order valence-electron chi connectivity index (χ1n) is 3.41. The van der Waals surface area contributed by atoms with Gasteiger partial charge in [-0.25, -0.2) is 4.98 Å². The van der Waals surface area contributed by atoms with E-state index in [0.717, 1.165) is 5.56 Å². The van der Waals surface area contributed by atoms with Crippen LogP contribution in [-0.2, 0) is 6.42 Å². The predicted octanol–water partition coefficient (Wildman–Crippen LogP) is 2.84. The Labute approximate surface area is 80.7 Å². The van der Waals surface area contributed by atoms with E-state index in [1.165, 1.54) is 0 Å². The normalized spacial score (nSPS) is 9.42. The summed E-state index contributed by atoms with van der Waals surface area (Å²) in [7, 11) is 0. The average molecular weight is 201 g/mol. The third-order valence-corrected chi connectivity index (χ3v) is 2.06. The Morgan fingerprint density at radius 3 is 2.83 bits per heavy atom. The standard InChI is InChI=1S/C8H6Cl2N2/c9-7-4-6(2-1-3-11)5-12-8(7)10/h4-5H,1-2H2. The van der Waals surface area contributed by atoms with E-state index >= 15 is 0 Å². The van der Waals surface area contributed by atoms with Crippen molar-refractivity contribution in [2.75, 3.05) is 0 Å². The van der Waals surface area contributed by atoms with E-state index < -0.39 is 0 Å². The summed E-state index contributed by atoms with van der Waals surface area (Å²) in [5.74, 6) is 0. The van der Waals surface area contributed by atoms with Gasteiger partial charge in [0.25, 0.3) is 0 Å². The molecule has 4 heteroatoms. The van der Waals surface area contributed by atoms with Crippen LogP contribution in [0.4, 0.5) is 0 Å². The average Bonchev–Trinajstić information content (AvgIpc) is 2.07. The van der Waals surface area contributed by atoms with E-state index in [9.17, 15) is 0 Å². The van der Waals surface area contributed by atoms with E-state index in [4.69, 9.17) is 28.5 Å². The highest BCUT2D eigenvalue weighted by molar-refractivity contribution is 6.41. The molecule has 1 rings (SSSR count). The molecule has 1 aromatic heterocycles. The Morgan fingerprint density at radius 1 is 1.50 bits per heavy atom. The van der Waals surface area contributed by atoms with Crippen molar-refractivity contribution in [3.05, 3.63) is 28.0 Å². The van der Waals surface area contributed by atoms with Crippen LogP contribution < -0.4 is 0 Å². The predicted molar refractivity (Wildman–Crippen MR) is 48.2 cm³/mol. The minimum absolute atomic E-state index is 0.303. The van der Waals surface area contributed by atoms with Crippen molar-refractivity contribution >= 4 is 23.2 Å². The van der Waals surface area contributed by atoms with Gasteiger partial charge in [-0.1, -0.05) is 23.2 Å². The van der Waals surface area contributed by atoms with E-state index in [-0.39, 0.29) is 0 Å². The van der Waals surface area contributed by atoms with Crippen molar-refractivity contribution in [3.8, 4) is 6.07 Å². The van der Waals surface area contributed by atoms with Crippen molar-refractivity contribution < 1.29 is 0 Å². The molecule has 0 atom stereocenters. The Morgan fingerprint density at radius 2 is 2.25 bits per heavy atom. The number of aromatic nitrogens is 1. The van der Waals surface area contributed by atoms with Gasteiger partial charge in [0.15, 0.2) is 0 Å². The van der Waals surface area contributed by atoms with Crippen molar-refractivity contribution in [2.45, 2.75) is 12.8 Å². The molecule has 0 radical (unpaired) electrons. The number of halogens is 2. The highest BCUT2D eigenvalue weighted by Crippen LogP contribution is 2.20. The van der Waals surface area contributed by atoms with Crippen molar-refractivity contribution in [1.82, 2.24) is 4.98 Å². The number of nitrogens with zero attached hydrogens (tertiary/aromatic N) is 2. The maximum Gasteiger partial charge on any atom is 0.147 e. The van der Waals surface area contributed by atoms with E-state index in [0.29, 0.717) is 23.0 Å².